The summed E-state index contributed by atoms with van der Waals surface area (Å²) in [7, 11) is 0. The normalized spacial score (nSPS) is 10.7. The highest BCUT2D eigenvalue weighted by atomic mass is 32.1. The minimum absolute atomic E-state index is 0.125. The zero-order valence-electron chi connectivity index (χ0n) is 10.9. The number of carboxylic acids is 1. The quantitative estimate of drug-likeness (QED) is 0.781. The van der Waals surface area contributed by atoms with Crippen molar-refractivity contribution in [2.45, 2.75) is 6.61 Å². The number of carbonyl (C=O) groups is 1. The average molecular weight is 302 g/mol. The standard InChI is InChI=1S/C16H11FO3S/c17-12-5-10(16(18)19)6-13(7-12)20-8-11-9-21-15-4-2-1-3-14(11)15/h1-7,9H,8H2,(H,18,19). The maximum Gasteiger partial charge on any atom is 0.335 e. The Bertz CT molecular complexity index is 810. The molecule has 0 saturated heterocycles. The van der Waals surface area contributed by atoms with Crippen LogP contribution in [0.4, 0.5) is 4.39 Å². The monoisotopic (exact) mass is 302 g/mol. The molecule has 3 nitrogen and oxygen atoms in total. The van der Waals surface area contributed by atoms with E-state index in [0.29, 0.717) is 0 Å². The predicted molar refractivity (Wildman–Crippen MR) is 79.5 cm³/mol. The molecule has 0 unspecified atom stereocenters. The molecule has 0 aliphatic rings. The van der Waals surface area contributed by atoms with Crippen LogP contribution in [0.5, 0.6) is 5.75 Å². The maximum atomic E-state index is 13.4. The largest absolute Gasteiger partial charge is 0.489 e. The van der Waals surface area contributed by atoms with Crippen LogP contribution in [0.15, 0.2) is 47.8 Å². The van der Waals surface area contributed by atoms with Gasteiger partial charge in [0, 0.05) is 16.3 Å². The molecule has 1 aromatic heterocycles. The molecule has 5 heteroatoms. The van der Waals surface area contributed by atoms with Crippen LogP contribution in [0.2, 0.25) is 0 Å². The Kier molecular flexibility index (Phi) is 3.58. The molecule has 0 bridgehead atoms. The van der Waals surface area contributed by atoms with Gasteiger partial charge < -0.3 is 9.84 Å². The molecule has 0 aliphatic carbocycles. The third kappa shape index (κ3) is 2.87. The molecule has 3 aromatic rings. The highest BCUT2D eigenvalue weighted by Gasteiger charge is 2.09. The van der Waals surface area contributed by atoms with Crippen LogP contribution < -0.4 is 4.74 Å². The number of hydrogen-bond acceptors (Lipinski definition) is 3. The van der Waals surface area contributed by atoms with Crippen LogP contribution in [-0.4, -0.2) is 11.1 Å². The van der Waals surface area contributed by atoms with Crippen molar-refractivity contribution < 1.29 is 19.0 Å². The minimum Gasteiger partial charge on any atom is -0.489 e. The van der Waals surface area contributed by atoms with Gasteiger partial charge in [-0.3, -0.25) is 0 Å². The molecule has 0 amide bonds. The zero-order valence-corrected chi connectivity index (χ0v) is 11.7. The van der Waals surface area contributed by atoms with Gasteiger partial charge in [-0.15, -0.1) is 11.3 Å². The van der Waals surface area contributed by atoms with E-state index in [1.54, 1.807) is 11.3 Å². The molecule has 106 valence electrons. The first-order valence-corrected chi connectivity index (χ1v) is 7.13. The highest BCUT2D eigenvalue weighted by Crippen LogP contribution is 2.27. The van der Waals surface area contributed by atoms with Crippen molar-refractivity contribution in [2.75, 3.05) is 0 Å². The third-order valence-corrected chi connectivity index (χ3v) is 4.09. The summed E-state index contributed by atoms with van der Waals surface area (Å²) in [5, 5.41) is 12.0. The molecule has 0 fully saturated rings. The summed E-state index contributed by atoms with van der Waals surface area (Å²) in [4.78, 5) is 10.9. The predicted octanol–water partition coefficient (Wildman–Crippen LogP) is 4.32. The molecule has 21 heavy (non-hydrogen) atoms. The number of hydrogen-bond donors (Lipinski definition) is 1. The van der Waals surface area contributed by atoms with Crippen molar-refractivity contribution in [3.63, 3.8) is 0 Å². The SMILES string of the molecule is O=C(O)c1cc(F)cc(OCc2csc3ccccc23)c1. The molecule has 2 aromatic carbocycles. The van der Waals surface area contributed by atoms with E-state index < -0.39 is 11.8 Å². The third-order valence-electron chi connectivity index (χ3n) is 3.07. The molecule has 0 radical (unpaired) electrons. The van der Waals surface area contributed by atoms with E-state index in [9.17, 15) is 9.18 Å². The molecule has 1 heterocycles. The van der Waals surface area contributed by atoms with E-state index in [1.807, 2.05) is 29.6 Å². The maximum absolute atomic E-state index is 13.4. The van der Waals surface area contributed by atoms with Crippen LogP contribution in [0.25, 0.3) is 10.1 Å². The van der Waals surface area contributed by atoms with Crippen molar-refractivity contribution in [1.29, 1.82) is 0 Å². The first kappa shape index (κ1) is 13.6. The Labute approximate surface area is 124 Å². The van der Waals surface area contributed by atoms with Gasteiger partial charge in [-0.25, -0.2) is 9.18 Å². The molecule has 0 atom stereocenters. The summed E-state index contributed by atoms with van der Waals surface area (Å²) in [5.74, 6) is -1.59. The second-order valence-electron chi connectivity index (χ2n) is 4.53. The summed E-state index contributed by atoms with van der Waals surface area (Å²) >= 11 is 1.61. The van der Waals surface area contributed by atoms with E-state index in [1.165, 1.54) is 12.1 Å². The summed E-state index contributed by atoms with van der Waals surface area (Å²) in [6, 6.07) is 11.4. The number of fused-ring (bicyclic) bond motifs is 1. The van der Waals surface area contributed by atoms with Gasteiger partial charge in [0.25, 0.3) is 0 Å². The van der Waals surface area contributed by atoms with E-state index in [2.05, 4.69) is 0 Å². The lowest BCUT2D eigenvalue weighted by atomic mass is 10.2. The summed E-state index contributed by atoms with van der Waals surface area (Å²) in [6.45, 7) is 0.270. The average Bonchev–Trinajstić information content (AvgIpc) is 2.88. The van der Waals surface area contributed by atoms with Crippen molar-refractivity contribution in [2.24, 2.45) is 0 Å². The lowest BCUT2D eigenvalue weighted by molar-refractivity contribution is 0.0695. The fourth-order valence-electron chi connectivity index (χ4n) is 2.08. The van der Waals surface area contributed by atoms with Gasteiger partial charge in [-0.05, 0) is 29.0 Å². The minimum atomic E-state index is -1.18. The Morgan fingerprint density at radius 2 is 2.05 bits per heavy atom. The smallest absolute Gasteiger partial charge is 0.335 e. The summed E-state index contributed by atoms with van der Waals surface area (Å²) in [6.07, 6.45) is 0. The first-order valence-electron chi connectivity index (χ1n) is 6.25. The molecule has 3 rings (SSSR count). The zero-order chi connectivity index (χ0) is 14.8. The molecule has 0 aliphatic heterocycles. The van der Waals surface area contributed by atoms with Crippen LogP contribution in [0.1, 0.15) is 15.9 Å². The molecule has 0 spiro atoms. The number of benzene rings is 2. The van der Waals surface area contributed by atoms with Gasteiger partial charge in [0.15, 0.2) is 0 Å². The Balaban J connectivity index is 1.83. The van der Waals surface area contributed by atoms with Gasteiger partial charge in [0.2, 0.25) is 0 Å². The van der Waals surface area contributed by atoms with E-state index in [0.717, 1.165) is 21.7 Å². The number of carboxylic acid groups (broad SMARTS) is 1. The summed E-state index contributed by atoms with van der Waals surface area (Å²) in [5.41, 5.74) is 0.872. The second-order valence-corrected chi connectivity index (χ2v) is 5.44. The van der Waals surface area contributed by atoms with Gasteiger partial charge in [-0.2, -0.15) is 0 Å². The molecule has 0 saturated carbocycles. The summed E-state index contributed by atoms with van der Waals surface area (Å²) < 4.78 is 20.1. The number of thiophene rings is 1. The van der Waals surface area contributed by atoms with Crippen LogP contribution in [0, 0.1) is 5.82 Å². The van der Waals surface area contributed by atoms with Gasteiger partial charge in [0.05, 0.1) is 5.56 Å². The molecular formula is C16H11FO3S. The molecular weight excluding hydrogens is 291 g/mol. The van der Waals surface area contributed by atoms with E-state index in [-0.39, 0.29) is 17.9 Å². The van der Waals surface area contributed by atoms with Crippen LogP contribution in [0.3, 0.4) is 0 Å². The Morgan fingerprint density at radius 3 is 2.86 bits per heavy atom. The van der Waals surface area contributed by atoms with Crippen LogP contribution >= 0.6 is 11.3 Å². The van der Waals surface area contributed by atoms with E-state index >= 15 is 0 Å². The van der Waals surface area contributed by atoms with Crippen LogP contribution in [-0.2, 0) is 6.61 Å². The number of halogens is 1. The lowest BCUT2D eigenvalue weighted by Gasteiger charge is -2.07. The lowest BCUT2D eigenvalue weighted by Crippen LogP contribution is -2.00. The van der Waals surface area contributed by atoms with Gasteiger partial charge in [-0.1, -0.05) is 18.2 Å². The first-order chi connectivity index (χ1) is 10.1. The number of rotatable bonds is 4. The Hall–Kier alpha value is -2.40. The number of ether oxygens (including phenoxy) is 1. The molecule has 1 N–H and O–H groups in total. The van der Waals surface area contributed by atoms with Crippen molar-refractivity contribution >= 4 is 27.4 Å². The van der Waals surface area contributed by atoms with Crippen molar-refractivity contribution in [1.82, 2.24) is 0 Å². The van der Waals surface area contributed by atoms with E-state index in [4.69, 9.17) is 9.84 Å². The fourth-order valence-corrected chi connectivity index (χ4v) is 3.02. The van der Waals surface area contributed by atoms with Crippen molar-refractivity contribution in [3.05, 3.63) is 64.8 Å². The second kappa shape index (κ2) is 5.54. The topological polar surface area (TPSA) is 46.5 Å². The van der Waals surface area contributed by atoms with Crippen molar-refractivity contribution in [3.8, 4) is 5.75 Å². The fraction of sp³-hybridized carbons (Fsp3) is 0.0625. The Morgan fingerprint density at radius 1 is 1.24 bits per heavy atom. The highest BCUT2D eigenvalue weighted by molar-refractivity contribution is 7.17. The number of aromatic carboxylic acids is 1. The van der Waals surface area contributed by atoms with Gasteiger partial charge in [0.1, 0.15) is 18.2 Å². The van der Waals surface area contributed by atoms with Gasteiger partial charge >= 0.3 is 5.97 Å².